The van der Waals surface area contributed by atoms with Gasteiger partial charge < -0.3 is 18.9 Å². The van der Waals surface area contributed by atoms with Crippen LogP contribution in [-0.2, 0) is 12.8 Å². The van der Waals surface area contributed by atoms with Gasteiger partial charge in [-0.3, -0.25) is 14.4 Å². The van der Waals surface area contributed by atoms with Crippen LogP contribution < -0.4 is 23.8 Å². The average Bonchev–Trinajstić information content (AvgIpc) is 0.675. The molecule has 2 saturated carbocycles. The van der Waals surface area contributed by atoms with Crippen LogP contribution in [0.3, 0.4) is 0 Å². The monoisotopic (exact) mass is 1210 g/mol. The fourth-order valence-corrected chi connectivity index (χ4v) is 16.7. The van der Waals surface area contributed by atoms with E-state index in [1.54, 1.807) is 0 Å². The molecular formula is C85H65NO7. The average molecular weight is 1210 g/mol. The van der Waals surface area contributed by atoms with Crippen molar-refractivity contribution in [3.05, 3.63) is 246 Å². The summed E-state index contributed by atoms with van der Waals surface area (Å²) in [5.74, 6) is 4.95. The number of aryl methyl sites for hydroxylation is 2. The molecule has 1 aliphatic heterocycles. The summed E-state index contributed by atoms with van der Waals surface area (Å²) in [6.07, 6.45) is 15.9. The number of rotatable bonds is 15. The van der Waals surface area contributed by atoms with Crippen LogP contribution in [0.1, 0.15) is 125 Å². The van der Waals surface area contributed by atoms with E-state index in [1.165, 1.54) is 69.1 Å². The quantitative estimate of drug-likeness (QED) is 0.0574. The lowest BCUT2D eigenvalue weighted by atomic mass is 9.77. The van der Waals surface area contributed by atoms with Gasteiger partial charge in [-0.2, -0.15) is 0 Å². The van der Waals surface area contributed by atoms with Crippen LogP contribution in [0.15, 0.2) is 212 Å². The number of carbonyl (C=O) groups excluding carboxylic acids is 3. The molecule has 93 heavy (non-hydrogen) atoms. The van der Waals surface area contributed by atoms with E-state index < -0.39 is 0 Å². The molecule has 2 amide bonds. The molecule has 452 valence electrons. The normalized spacial score (nSPS) is 15.2. The summed E-state index contributed by atoms with van der Waals surface area (Å²) in [5.41, 5.74) is 6.50. The molecule has 2 fully saturated rings. The van der Waals surface area contributed by atoms with Gasteiger partial charge in [0.2, 0.25) is 0 Å². The third-order valence-electron chi connectivity index (χ3n) is 20.9. The van der Waals surface area contributed by atoms with Crippen molar-refractivity contribution >= 4 is 98.7 Å². The zero-order chi connectivity index (χ0) is 61.8. The number of imide groups is 1. The highest BCUT2D eigenvalue weighted by atomic mass is 16.5. The lowest BCUT2D eigenvalue weighted by Gasteiger charge is -2.33. The van der Waals surface area contributed by atoms with Crippen molar-refractivity contribution in [3.63, 3.8) is 0 Å². The van der Waals surface area contributed by atoms with Gasteiger partial charge in [0.25, 0.3) is 11.8 Å². The minimum absolute atomic E-state index is 0.0798. The smallest absolute Gasteiger partial charge is 0.266 e. The number of amides is 2. The van der Waals surface area contributed by atoms with Crippen molar-refractivity contribution in [2.45, 2.75) is 89.9 Å². The number of nitrogens with zero attached hydrogens (tertiary/aromatic N) is 1. The molecule has 0 spiro atoms. The topological polar surface area (TPSA) is 91.4 Å². The number of ketones is 1. The van der Waals surface area contributed by atoms with Crippen molar-refractivity contribution in [3.8, 4) is 57.1 Å². The molecule has 3 aliphatic carbocycles. The molecule has 18 rings (SSSR count). The molecule has 0 bridgehead atoms. The Hall–Kier alpha value is -10.6. The number of fused-ring (bicyclic) bond motifs is 6. The first-order valence-corrected chi connectivity index (χ1v) is 33.4. The maximum Gasteiger partial charge on any atom is 0.266 e. The van der Waals surface area contributed by atoms with E-state index in [4.69, 9.17) is 18.9 Å². The summed E-state index contributed by atoms with van der Waals surface area (Å²) in [7, 11) is 0. The lowest BCUT2D eigenvalue weighted by Crippen LogP contribution is -2.41. The number of hydrogen-bond acceptors (Lipinski definition) is 7. The minimum atomic E-state index is -0.366. The van der Waals surface area contributed by atoms with Crippen molar-refractivity contribution in [1.82, 2.24) is 0 Å². The van der Waals surface area contributed by atoms with Crippen molar-refractivity contribution < 1.29 is 33.3 Å². The molecule has 0 saturated heterocycles. The first-order chi connectivity index (χ1) is 45.9. The highest BCUT2D eigenvalue weighted by Gasteiger charge is 2.41. The minimum Gasteiger partial charge on any atom is -0.457 e. The SMILES string of the molecule is O=C1c2ccccc2-c2cc(Oc3ccccc3)c3c4ccc5c6c(Oc7ccccc7)cc7c8c(cc(Oc9ccccc9)c(c9ccc(c%10c(Oc%11ccccc%11)cc1c2c%103)c4c95)c86)C(=O)N(c1c(CCC2CCCCC2)cccc1CCC1CCCCC1)C7=O. The van der Waals surface area contributed by atoms with E-state index >= 15 is 14.4 Å². The molecule has 0 atom stereocenters. The molecule has 1 heterocycles. The van der Waals surface area contributed by atoms with Crippen LogP contribution in [0.25, 0.3) is 86.5 Å². The number of carbonyl (C=O) groups is 3. The fraction of sp³-hybridized carbons (Fsp3) is 0.188. The molecule has 8 nitrogen and oxygen atoms in total. The summed E-state index contributed by atoms with van der Waals surface area (Å²) in [4.78, 5) is 49.7. The Labute approximate surface area is 538 Å². The molecule has 0 N–H and O–H groups in total. The highest BCUT2D eigenvalue weighted by Crippen LogP contribution is 2.59. The van der Waals surface area contributed by atoms with E-state index in [9.17, 15) is 0 Å². The van der Waals surface area contributed by atoms with Gasteiger partial charge in [0, 0.05) is 54.2 Å². The largest absolute Gasteiger partial charge is 0.457 e. The van der Waals surface area contributed by atoms with Crippen molar-refractivity contribution in [2.24, 2.45) is 11.8 Å². The zero-order valence-corrected chi connectivity index (χ0v) is 51.6. The maximum atomic E-state index is 16.5. The molecule has 14 aromatic rings. The van der Waals surface area contributed by atoms with E-state index in [0.717, 1.165) is 118 Å². The van der Waals surface area contributed by atoms with Gasteiger partial charge in [0.1, 0.15) is 46.0 Å². The van der Waals surface area contributed by atoms with Crippen LogP contribution in [0, 0.1) is 11.8 Å². The van der Waals surface area contributed by atoms with E-state index in [-0.39, 0.29) is 17.6 Å². The predicted molar refractivity (Wildman–Crippen MR) is 374 cm³/mol. The molecule has 8 heteroatoms. The van der Waals surface area contributed by atoms with Crippen LogP contribution in [0.2, 0.25) is 0 Å². The second-order valence-corrected chi connectivity index (χ2v) is 26.3. The van der Waals surface area contributed by atoms with Crippen LogP contribution >= 0.6 is 0 Å². The summed E-state index contributed by atoms with van der Waals surface area (Å²) in [6, 6.07) is 70.0. The number of ether oxygens (including phenoxy) is 4. The Kier molecular flexibility index (Phi) is 13.3. The van der Waals surface area contributed by atoms with E-state index in [1.807, 2.05) is 164 Å². The zero-order valence-electron chi connectivity index (χ0n) is 51.6. The third kappa shape index (κ3) is 9.04. The molecule has 4 aliphatic rings. The summed E-state index contributed by atoms with van der Waals surface area (Å²) in [5, 5.41) is 11.4. The third-order valence-corrected chi connectivity index (χ3v) is 20.9. The van der Waals surface area contributed by atoms with Crippen molar-refractivity contribution in [2.75, 3.05) is 4.90 Å². The second kappa shape index (κ2) is 22.4. The molecule has 0 aromatic heterocycles. The van der Waals surface area contributed by atoms with Gasteiger partial charge in [-0.25, -0.2) is 4.90 Å². The van der Waals surface area contributed by atoms with Crippen LogP contribution in [-0.4, -0.2) is 17.6 Å². The Morgan fingerprint density at radius 1 is 0.301 bits per heavy atom. The van der Waals surface area contributed by atoms with E-state index in [0.29, 0.717) is 90.9 Å². The van der Waals surface area contributed by atoms with Gasteiger partial charge in [-0.15, -0.1) is 0 Å². The van der Waals surface area contributed by atoms with Gasteiger partial charge in [0.15, 0.2) is 5.78 Å². The van der Waals surface area contributed by atoms with Crippen LogP contribution in [0.4, 0.5) is 5.69 Å². The van der Waals surface area contributed by atoms with Gasteiger partial charge in [-0.05, 0) is 165 Å². The first kappa shape index (κ1) is 55.3. The Morgan fingerprint density at radius 3 is 1.04 bits per heavy atom. The summed E-state index contributed by atoms with van der Waals surface area (Å²) in [6.45, 7) is 0. The predicted octanol–water partition coefficient (Wildman–Crippen LogP) is 22.8. The fourth-order valence-electron chi connectivity index (χ4n) is 16.7. The first-order valence-electron chi connectivity index (χ1n) is 33.4. The van der Waals surface area contributed by atoms with Gasteiger partial charge in [-0.1, -0.05) is 204 Å². The Balaban J connectivity index is 0.949. The number of benzene rings is 14. The van der Waals surface area contributed by atoms with Crippen LogP contribution in [0.5, 0.6) is 46.0 Å². The highest BCUT2D eigenvalue weighted by molar-refractivity contribution is 6.48. The van der Waals surface area contributed by atoms with Crippen molar-refractivity contribution in [1.29, 1.82) is 0 Å². The van der Waals surface area contributed by atoms with Gasteiger partial charge >= 0.3 is 0 Å². The summed E-state index contributed by atoms with van der Waals surface area (Å²) >= 11 is 0. The standard InChI is InChI=1S/C85H65NO7/c87-83-59-37-20-19-36-58(59)64-46-68(90-54-28-11-3-12-29-54)76-60-42-44-62-73-63(45-43-61(72(60)73)77-69(47-65(83)74(64)80(76)77)91-55-30-13-4-14-31-55)79-71(93-57-34-17-6-18-35-57)49-67-75-66(48-70(78(62)81(75)79)92-56-32-15-5-16-33-56)84(88)86(85(67)89)82-52(40-38-50-22-7-1-8-23-50)26-21-27-53(82)41-39-51-24-9-2-10-25-51/h3-6,11-21,26-37,42-51H,1-2,7-10,22-25,38-41H2. The molecule has 0 unspecified atom stereocenters. The maximum absolute atomic E-state index is 16.5. The molecule has 0 radical (unpaired) electrons. The number of anilines is 1. The van der Waals surface area contributed by atoms with E-state index in [2.05, 4.69) is 48.5 Å². The summed E-state index contributed by atoms with van der Waals surface area (Å²) < 4.78 is 28.9. The van der Waals surface area contributed by atoms with Gasteiger partial charge in [0.05, 0.1) is 16.8 Å². The number of hydrogen-bond donors (Lipinski definition) is 0. The second-order valence-electron chi connectivity index (χ2n) is 26.3. The molecule has 14 aromatic carbocycles. The molecular weight excluding hydrogens is 1150 g/mol. The Morgan fingerprint density at radius 2 is 0.645 bits per heavy atom. The Bertz CT molecular complexity index is 5140. The lowest BCUT2D eigenvalue weighted by molar-refractivity contribution is 0.0891. The number of para-hydroxylation sites is 5.